The van der Waals surface area contributed by atoms with E-state index in [1.54, 1.807) is 0 Å². The molecule has 6 heteroatoms. The van der Waals surface area contributed by atoms with E-state index in [9.17, 15) is 4.79 Å². The number of carbonyl (C=O) groups excluding carboxylic acids is 1. The zero-order chi connectivity index (χ0) is 15.5. The van der Waals surface area contributed by atoms with Crippen molar-refractivity contribution in [3.63, 3.8) is 0 Å². The van der Waals surface area contributed by atoms with Gasteiger partial charge in [0.1, 0.15) is 17.5 Å². The molecule has 1 atom stereocenters. The van der Waals surface area contributed by atoms with Crippen molar-refractivity contribution in [3.05, 3.63) is 41.6 Å². The summed E-state index contributed by atoms with van der Waals surface area (Å²) in [6.45, 7) is 4.10. The van der Waals surface area contributed by atoms with Crippen molar-refractivity contribution in [1.29, 1.82) is 0 Å². The quantitative estimate of drug-likeness (QED) is 0.940. The highest BCUT2D eigenvalue weighted by Gasteiger charge is 2.23. The lowest BCUT2D eigenvalue weighted by Gasteiger charge is -2.02. The number of nitrogens with zero attached hydrogens (tertiary/aromatic N) is 2. The first-order valence-corrected chi connectivity index (χ1v) is 7.16. The van der Waals surface area contributed by atoms with Crippen molar-refractivity contribution in [2.75, 3.05) is 0 Å². The Kier molecular flexibility index (Phi) is 3.91. The number of rotatable bonds is 4. The minimum Gasteiger partial charge on any atom is -0.392 e. The van der Waals surface area contributed by atoms with Gasteiger partial charge < -0.3 is 14.7 Å². The minimum atomic E-state index is -0.229. The van der Waals surface area contributed by atoms with Gasteiger partial charge in [0.25, 0.3) is 5.91 Å². The Morgan fingerprint density at radius 1 is 1.36 bits per heavy atom. The molecule has 1 aliphatic rings. The number of aromatic nitrogens is 1. The molecule has 2 aromatic rings. The van der Waals surface area contributed by atoms with Gasteiger partial charge in [-0.15, -0.1) is 0 Å². The van der Waals surface area contributed by atoms with E-state index in [0.717, 1.165) is 16.9 Å². The summed E-state index contributed by atoms with van der Waals surface area (Å²) in [5, 5.41) is 10.6. The molecular formula is C16H17N3O3. The average Bonchev–Trinajstić information content (AvgIpc) is 3.12. The third-order valence-corrected chi connectivity index (χ3v) is 3.56. The number of hydrogen-bond acceptors (Lipinski definition) is 5. The zero-order valence-corrected chi connectivity index (χ0v) is 12.5. The Morgan fingerprint density at radius 2 is 2.14 bits per heavy atom. The first kappa shape index (κ1) is 14.3. The highest BCUT2D eigenvalue weighted by molar-refractivity contribution is 6.39. The maximum atomic E-state index is 12.0. The largest absolute Gasteiger partial charge is 0.392 e. The monoisotopic (exact) mass is 299 g/mol. The number of hydrogen-bond donors (Lipinski definition) is 1. The molecule has 0 saturated heterocycles. The Morgan fingerprint density at radius 3 is 2.82 bits per heavy atom. The molecule has 1 aromatic carbocycles. The van der Waals surface area contributed by atoms with Crippen LogP contribution in [0.1, 0.15) is 24.6 Å². The number of carbonyl (C=O) groups is 1. The fourth-order valence-corrected chi connectivity index (χ4v) is 2.29. The van der Waals surface area contributed by atoms with Gasteiger partial charge in [-0.05, 0) is 13.8 Å². The van der Waals surface area contributed by atoms with E-state index < -0.39 is 0 Å². The van der Waals surface area contributed by atoms with Gasteiger partial charge in [-0.25, -0.2) is 0 Å². The number of benzene rings is 1. The van der Waals surface area contributed by atoms with Gasteiger partial charge in [-0.1, -0.05) is 40.6 Å². The van der Waals surface area contributed by atoms with Crippen molar-refractivity contribution < 1.29 is 14.2 Å². The average molecular weight is 299 g/mol. The van der Waals surface area contributed by atoms with E-state index in [1.807, 2.05) is 44.2 Å². The third-order valence-electron chi connectivity index (χ3n) is 3.56. The molecule has 6 nitrogen and oxygen atoms in total. The second kappa shape index (κ2) is 6.01. The van der Waals surface area contributed by atoms with Crippen LogP contribution in [-0.2, 0) is 16.2 Å². The van der Waals surface area contributed by atoms with Gasteiger partial charge >= 0.3 is 0 Å². The van der Waals surface area contributed by atoms with E-state index in [2.05, 4.69) is 15.6 Å². The van der Waals surface area contributed by atoms with E-state index in [1.165, 1.54) is 0 Å². The van der Waals surface area contributed by atoms with Gasteiger partial charge in [-0.3, -0.25) is 4.79 Å². The molecule has 1 amide bonds. The normalized spacial score (nSPS) is 17.0. The number of amides is 1. The maximum Gasteiger partial charge on any atom is 0.269 e. The molecule has 0 fully saturated rings. The standard InChI is InChI=1S/C16H17N3O3/c1-10-8-13(18-21-10)16(20)17-9-14-11(2)15(22-19-14)12-6-4-3-5-7-12/h3-7,10H,8-9H2,1-2H3,(H,17,20). The summed E-state index contributed by atoms with van der Waals surface area (Å²) >= 11 is 0. The molecule has 1 unspecified atom stereocenters. The predicted molar refractivity (Wildman–Crippen MR) is 81.1 cm³/mol. The van der Waals surface area contributed by atoms with Crippen molar-refractivity contribution >= 4 is 11.6 Å². The Labute approximate surface area is 128 Å². The van der Waals surface area contributed by atoms with Crippen LogP contribution >= 0.6 is 0 Å². The lowest BCUT2D eigenvalue weighted by atomic mass is 10.1. The molecule has 2 heterocycles. The third kappa shape index (κ3) is 2.86. The van der Waals surface area contributed by atoms with Gasteiger partial charge in [0, 0.05) is 17.5 Å². The molecule has 0 saturated carbocycles. The minimum absolute atomic E-state index is 0.0424. The van der Waals surface area contributed by atoms with Crippen molar-refractivity contribution in [1.82, 2.24) is 10.5 Å². The summed E-state index contributed by atoms with van der Waals surface area (Å²) in [4.78, 5) is 17.0. The van der Waals surface area contributed by atoms with Crippen LogP contribution in [0.5, 0.6) is 0 Å². The molecular weight excluding hydrogens is 282 g/mol. The van der Waals surface area contributed by atoms with Crippen LogP contribution in [0.3, 0.4) is 0 Å². The van der Waals surface area contributed by atoms with E-state index in [4.69, 9.17) is 9.36 Å². The maximum absolute atomic E-state index is 12.0. The van der Waals surface area contributed by atoms with Crippen molar-refractivity contribution in [2.24, 2.45) is 5.16 Å². The van der Waals surface area contributed by atoms with E-state index >= 15 is 0 Å². The first-order chi connectivity index (χ1) is 10.6. The van der Waals surface area contributed by atoms with Gasteiger partial charge in [0.05, 0.1) is 6.54 Å². The molecule has 0 aliphatic carbocycles. The van der Waals surface area contributed by atoms with Crippen molar-refractivity contribution in [2.45, 2.75) is 32.9 Å². The van der Waals surface area contributed by atoms with Crippen LogP contribution in [0.4, 0.5) is 0 Å². The molecule has 0 bridgehead atoms. The zero-order valence-electron chi connectivity index (χ0n) is 12.5. The van der Waals surface area contributed by atoms with Crippen LogP contribution in [0.15, 0.2) is 40.0 Å². The topological polar surface area (TPSA) is 76.7 Å². The number of nitrogens with one attached hydrogen (secondary N) is 1. The van der Waals surface area contributed by atoms with Gasteiger partial charge in [0.15, 0.2) is 5.76 Å². The summed E-state index contributed by atoms with van der Waals surface area (Å²) in [5.41, 5.74) is 3.01. The van der Waals surface area contributed by atoms with Crippen LogP contribution in [0, 0.1) is 6.92 Å². The van der Waals surface area contributed by atoms with Crippen LogP contribution in [-0.4, -0.2) is 22.9 Å². The summed E-state index contributed by atoms with van der Waals surface area (Å²) in [6, 6.07) is 9.75. The SMILES string of the molecule is Cc1c(CNC(=O)C2=NOC(C)C2)noc1-c1ccccc1. The summed E-state index contributed by atoms with van der Waals surface area (Å²) in [5.74, 6) is 0.494. The Balaban J connectivity index is 1.67. The van der Waals surface area contributed by atoms with Gasteiger partial charge in [0.2, 0.25) is 0 Å². The van der Waals surface area contributed by atoms with Gasteiger partial charge in [-0.2, -0.15) is 0 Å². The molecule has 114 valence electrons. The second-order valence-corrected chi connectivity index (χ2v) is 5.29. The molecule has 1 aliphatic heterocycles. The molecule has 1 N–H and O–H groups in total. The molecule has 0 spiro atoms. The molecule has 1 aromatic heterocycles. The highest BCUT2D eigenvalue weighted by atomic mass is 16.6. The molecule has 22 heavy (non-hydrogen) atoms. The first-order valence-electron chi connectivity index (χ1n) is 7.16. The fourth-order valence-electron chi connectivity index (χ4n) is 2.29. The fraction of sp³-hybridized carbons (Fsp3) is 0.312. The Hall–Kier alpha value is -2.63. The van der Waals surface area contributed by atoms with Crippen LogP contribution < -0.4 is 5.32 Å². The lowest BCUT2D eigenvalue weighted by molar-refractivity contribution is -0.115. The second-order valence-electron chi connectivity index (χ2n) is 5.29. The summed E-state index contributed by atoms with van der Waals surface area (Å²) < 4.78 is 5.40. The lowest BCUT2D eigenvalue weighted by Crippen LogP contribution is -2.30. The van der Waals surface area contributed by atoms with E-state index in [0.29, 0.717) is 24.4 Å². The Bertz CT molecular complexity index is 707. The molecule has 0 radical (unpaired) electrons. The van der Waals surface area contributed by atoms with E-state index in [-0.39, 0.29) is 12.0 Å². The number of oxime groups is 1. The predicted octanol–water partition coefficient (Wildman–Crippen LogP) is 2.43. The highest BCUT2D eigenvalue weighted by Crippen LogP contribution is 2.25. The summed E-state index contributed by atoms with van der Waals surface area (Å²) in [7, 11) is 0. The van der Waals surface area contributed by atoms with Crippen LogP contribution in [0.2, 0.25) is 0 Å². The smallest absolute Gasteiger partial charge is 0.269 e. The summed E-state index contributed by atoms with van der Waals surface area (Å²) in [6.07, 6.45) is 0.484. The molecule has 3 rings (SSSR count). The van der Waals surface area contributed by atoms with Crippen LogP contribution in [0.25, 0.3) is 11.3 Å². The van der Waals surface area contributed by atoms with Crippen molar-refractivity contribution in [3.8, 4) is 11.3 Å².